The molecule has 15 nitrogen and oxygen atoms in total. The second kappa shape index (κ2) is 11.8. The molecule has 5 aromatic rings. The zero-order valence-electron chi connectivity index (χ0n) is 24.4. The largest absolute Gasteiger partial charge is 0.474 e. The van der Waals surface area contributed by atoms with Crippen LogP contribution in [0.3, 0.4) is 0 Å². The van der Waals surface area contributed by atoms with Gasteiger partial charge in [-0.15, -0.1) is 0 Å². The Morgan fingerprint density at radius 1 is 1.09 bits per heavy atom. The van der Waals surface area contributed by atoms with Crippen LogP contribution < -0.4 is 19.7 Å². The fraction of sp³-hybridized carbons (Fsp3) is 0.233. The average molecular weight is 644 g/mol. The number of rotatable bonds is 9. The SMILES string of the molecule is O=C(NS(=O)(=O)c1ccc(NCCN2CCn3ccnc3C2)c([N+](=O)[O-])c1)c1ccccc1N1CCOc2nc3[nH]ccc3cc21. The number of benzene rings is 2. The van der Waals surface area contributed by atoms with Crippen LogP contribution in [0, 0.1) is 10.1 Å². The normalized spacial score (nSPS) is 14.7. The van der Waals surface area contributed by atoms with E-state index in [2.05, 4.69) is 34.5 Å². The van der Waals surface area contributed by atoms with Gasteiger partial charge in [0.15, 0.2) is 0 Å². The standard InChI is InChI=1S/C30H29N9O6S/c40-29(22-3-1-2-4-24(22)38-15-16-45-30-26(38)17-20-7-8-33-28(20)34-30)35-46(43,44)21-5-6-23(25(18-21)39(41)42)31-9-11-36-13-14-37-12-10-32-27(37)19-36/h1-8,10,12,17-18,31H,9,11,13-16,19H2,(H,33,34)(H,35,40). The number of nitrogens with one attached hydrogen (secondary N) is 3. The van der Waals surface area contributed by atoms with E-state index >= 15 is 0 Å². The third-order valence-corrected chi connectivity index (χ3v) is 9.36. The van der Waals surface area contributed by atoms with Gasteiger partial charge in [-0.3, -0.25) is 19.8 Å². The molecule has 5 heterocycles. The van der Waals surface area contributed by atoms with E-state index in [1.165, 1.54) is 18.2 Å². The van der Waals surface area contributed by atoms with Gasteiger partial charge in [-0.2, -0.15) is 4.98 Å². The van der Waals surface area contributed by atoms with Crippen LogP contribution in [0.1, 0.15) is 16.2 Å². The molecule has 3 aromatic heterocycles. The van der Waals surface area contributed by atoms with Crippen molar-refractivity contribution in [3.05, 3.63) is 94.7 Å². The number of pyridine rings is 1. The number of amides is 1. The van der Waals surface area contributed by atoms with E-state index in [0.29, 0.717) is 55.7 Å². The lowest BCUT2D eigenvalue weighted by Crippen LogP contribution is -2.36. The highest BCUT2D eigenvalue weighted by Gasteiger charge is 2.29. The van der Waals surface area contributed by atoms with Crippen LogP contribution in [-0.2, 0) is 23.1 Å². The molecule has 2 aliphatic rings. The van der Waals surface area contributed by atoms with Gasteiger partial charge in [-0.1, -0.05) is 12.1 Å². The minimum Gasteiger partial charge on any atom is -0.474 e. The first-order valence-corrected chi connectivity index (χ1v) is 16.0. The maximum atomic E-state index is 13.5. The molecule has 46 heavy (non-hydrogen) atoms. The Morgan fingerprint density at radius 2 is 1.96 bits per heavy atom. The summed E-state index contributed by atoms with van der Waals surface area (Å²) >= 11 is 0. The summed E-state index contributed by atoms with van der Waals surface area (Å²) in [7, 11) is -4.48. The summed E-state index contributed by atoms with van der Waals surface area (Å²) in [6.07, 6.45) is 5.46. The van der Waals surface area contributed by atoms with Crippen molar-refractivity contribution >= 4 is 49.7 Å². The summed E-state index contributed by atoms with van der Waals surface area (Å²) in [5.74, 6) is 0.459. The second-order valence-electron chi connectivity index (χ2n) is 10.9. The Labute approximate surface area is 263 Å². The predicted molar refractivity (Wildman–Crippen MR) is 169 cm³/mol. The molecule has 0 saturated heterocycles. The van der Waals surface area contributed by atoms with Crippen molar-refractivity contribution in [3.8, 4) is 5.88 Å². The summed E-state index contributed by atoms with van der Waals surface area (Å²) in [6, 6.07) is 13.9. The summed E-state index contributed by atoms with van der Waals surface area (Å²) in [6.45, 7) is 4.00. The fourth-order valence-electron chi connectivity index (χ4n) is 5.74. The monoisotopic (exact) mass is 643 g/mol. The van der Waals surface area contributed by atoms with E-state index in [4.69, 9.17) is 4.74 Å². The van der Waals surface area contributed by atoms with Crippen molar-refractivity contribution < 1.29 is 22.9 Å². The topological polar surface area (TPSA) is 181 Å². The molecule has 0 unspecified atom stereocenters. The molecule has 1 amide bonds. The lowest BCUT2D eigenvalue weighted by Gasteiger charge is -2.31. The molecule has 0 saturated carbocycles. The van der Waals surface area contributed by atoms with Crippen LogP contribution >= 0.6 is 0 Å². The van der Waals surface area contributed by atoms with Gasteiger partial charge >= 0.3 is 0 Å². The smallest absolute Gasteiger partial charge is 0.293 e. The van der Waals surface area contributed by atoms with Gasteiger partial charge in [0.25, 0.3) is 21.6 Å². The number of nitro benzene ring substituents is 1. The van der Waals surface area contributed by atoms with Crippen LogP contribution in [0.4, 0.5) is 22.7 Å². The Bertz CT molecular complexity index is 2080. The van der Waals surface area contributed by atoms with E-state index in [1.807, 2.05) is 23.2 Å². The van der Waals surface area contributed by atoms with E-state index in [9.17, 15) is 23.3 Å². The number of H-pyrrole nitrogens is 1. The van der Waals surface area contributed by atoms with Gasteiger partial charge < -0.3 is 24.5 Å². The van der Waals surface area contributed by atoms with Gasteiger partial charge in [0.1, 0.15) is 29.5 Å². The highest BCUT2D eigenvalue weighted by atomic mass is 32.2. The quantitative estimate of drug-likeness (QED) is 0.158. The molecule has 7 rings (SSSR count). The third-order valence-electron chi connectivity index (χ3n) is 8.04. The first kappa shape index (κ1) is 29.2. The Balaban J connectivity index is 1.08. The first-order chi connectivity index (χ1) is 22.3. The van der Waals surface area contributed by atoms with E-state index in [-0.39, 0.29) is 11.3 Å². The zero-order chi connectivity index (χ0) is 31.8. The summed E-state index contributed by atoms with van der Waals surface area (Å²) in [5, 5.41) is 15.8. The van der Waals surface area contributed by atoms with E-state index in [0.717, 1.165) is 30.4 Å². The number of nitrogens with zero attached hydrogens (tertiary/aromatic N) is 6. The Kier molecular flexibility index (Phi) is 7.50. The third kappa shape index (κ3) is 5.59. The number of imidazole rings is 1. The van der Waals surface area contributed by atoms with Gasteiger partial charge in [-0.25, -0.2) is 18.1 Å². The molecular formula is C30H29N9O6S. The van der Waals surface area contributed by atoms with Crippen LogP contribution in [0.15, 0.2) is 78.1 Å². The Hall–Kier alpha value is -5.48. The lowest BCUT2D eigenvalue weighted by atomic mass is 10.1. The highest BCUT2D eigenvalue weighted by Crippen LogP contribution is 2.38. The van der Waals surface area contributed by atoms with Crippen molar-refractivity contribution in [1.29, 1.82) is 0 Å². The number of para-hydroxylation sites is 1. The number of carbonyl (C=O) groups is 1. The number of nitro groups is 1. The second-order valence-corrected chi connectivity index (χ2v) is 12.5. The maximum absolute atomic E-state index is 13.5. The fourth-order valence-corrected chi connectivity index (χ4v) is 6.72. The number of carbonyl (C=O) groups excluding carboxylic acids is 1. The minimum absolute atomic E-state index is 0.0982. The number of hydrogen-bond acceptors (Lipinski definition) is 11. The summed E-state index contributed by atoms with van der Waals surface area (Å²) < 4.78 is 36.7. The van der Waals surface area contributed by atoms with Gasteiger partial charge in [0.05, 0.1) is 34.2 Å². The van der Waals surface area contributed by atoms with Gasteiger partial charge in [0, 0.05) is 56.2 Å². The number of ether oxygens (including phenoxy) is 1. The van der Waals surface area contributed by atoms with Crippen LogP contribution in [0.25, 0.3) is 11.0 Å². The van der Waals surface area contributed by atoms with E-state index in [1.54, 1.807) is 30.6 Å². The van der Waals surface area contributed by atoms with Crippen molar-refractivity contribution in [2.24, 2.45) is 0 Å². The predicted octanol–water partition coefficient (Wildman–Crippen LogP) is 3.24. The number of aromatic nitrogens is 4. The van der Waals surface area contributed by atoms with Crippen molar-refractivity contribution in [2.45, 2.75) is 18.0 Å². The first-order valence-electron chi connectivity index (χ1n) is 14.6. The molecule has 3 N–H and O–H groups in total. The number of anilines is 3. The zero-order valence-corrected chi connectivity index (χ0v) is 25.2. The Morgan fingerprint density at radius 3 is 2.83 bits per heavy atom. The molecule has 236 valence electrons. The van der Waals surface area contributed by atoms with Crippen LogP contribution in [0.5, 0.6) is 5.88 Å². The minimum atomic E-state index is -4.48. The molecule has 2 aromatic carbocycles. The van der Waals surface area contributed by atoms with Crippen LogP contribution in [-0.4, -0.2) is 76.5 Å². The molecule has 0 atom stereocenters. The molecule has 0 fully saturated rings. The molecule has 0 radical (unpaired) electrons. The molecule has 2 aliphatic heterocycles. The van der Waals surface area contributed by atoms with Crippen molar-refractivity contribution in [1.82, 2.24) is 29.1 Å². The molecule has 0 spiro atoms. The summed E-state index contributed by atoms with van der Waals surface area (Å²) in [5.41, 5.74) is 1.60. The maximum Gasteiger partial charge on any atom is 0.293 e. The number of sulfonamides is 1. The van der Waals surface area contributed by atoms with Crippen LogP contribution in [0.2, 0.25) is 0 Å². The number of fused-ring (bicyclic) bond motifs is 3. The van der Waals surface area contributed by atoms with E-state index < -0.39 is 31.4 Å². The highest BCUT2D eigenvalue weighted by molar-refractivity contribution is 7.90. The number of aromatic amines is 1. The van der Waals surface area contributed by atoms with Crippen molar-refractivity contribution in [2.75, 3.05) is 43.0 Å². The van der Waals surface area contributed by atoms with Gasteiger partial charge in [-0.05, 0) is 36.4 Å². The molecule has 0 aliphatic carbocycles. The number of hydrogen-bond donors (Lipinski definition) is 3. The molecule has 16 heteroatoms. The molecular weight excluding hydrogens is 614 g/mol. The van der Waals surface area contributed by atoms with Gasteiger partial charge in [0.2, 0.25) is 5.88 Å². The molecule has 0 bridgehead atoms. The summed E-state index contributed by atoms with van der Waals surface area (Å²) in [4.78, 5) is 40.3. The average Bonchev–Trinajstić information content (AvgIpc) is 3.72. The van der Waals surface area contributed by atoms with Crippen molar-refractivity contribution in [3.63, 3.8) is 0 Å². The lowest BCUT2D eigenvalue weighted by molar-refractivity contribution is -0.384.